The van der Waals surface area contributed by atoms with Crippen LogP contribution in [0, 0.1) is 0 Å². The fraction of sp³-hybridized carbons (Fsp3) is 0.524. The molecule has 170 valence electrons. The van der Waals surface area contributed by atoms with E-state index in [-0.39, 0.29) is 29.6 Å². The van der Waals surface area contributed by atoms with E-state index in [4.69, 9.17) is 23.1 Å². The summed E-state index contributed by atoms with van der Waals surface area (Å²) < 4.78 is 0. The molecule has 1 aliphatic heterocycles. The van der Waals surface area contributed by atoms with Gasteiger partial charge in [-0.25, -0.2) is 0 Å². The van der Waals surface area contributed by atoms with Gasteiger partial charge in [0.15, 0.2) is 11.7 Å². The van der Waals surface area contributed by atoms with Gasteiger partial charge in [0.25, 0.3) is 0 Å². The third-order valence-corrected chi connectivity index (χ3v) is 5.34. The van der Waals surface area contributed by atoms with Crippen LogP contribution in [0.2, 0.25) is 0 Å². The number of rotatable bonds is 12. The molecule has 0 saturated carbocycles. The number of nitrogens with one attached hydrogen (secondary N) is 3. The predicted molar refractivity (Wildman–Crippen MR) is 121 cm³/mol. The molecule has 0 radical (unpaired) electrons. The molecule has 3 atom stereocenters. The maximum absolute atomic E-state index is 13.1. The Kier molecular flexibility index (Phi) is 10.3. The molecule has 0 aromatic heterocycles. The van der Waals surface area contributed by atoms with E-state index in [1.54, 1.807) is 0 Å². The van der Waals surface area contributed by atoms with E-state index in [0.29, 0.717) is 25.8 Å². The SMILES string of the molecule is NC(N)=NCCC[C@H](NC(=O)[C@H](Cc1ccccc1)NC(=O)[C@@H]1CCCN1)C(=O)CCl. The molecule has 0 spiro atoms. The molecule has 1 aromatic rings. The lowest BCUT2D eigenvalue weighted by Gasteiger charge is -2.24. The Balaban J connectivity index is 2.07. The highest BCUT2D eigenvalue weighted by Gasteiger charge is 2.29. The van der Waals surface area contributed by atoms with Gasteiger partial charge in [-0.05, 0) is 37.8 Å². The number of halogens is 1. The normalized spacial score (nSPS) is 17.4. The highest BCUT2D eigenvalue weighted by molar-refractivity contribution is 6.28. The number of hydrogen-bond acceptors (Lipinski definition) is 5. The summed E-state index contributed by atoms with van der Waals surface area (Å²) in [6, 6.07) is 7.48. The second-order valence-corrected chi connectivity index (χ2v) is 7.78. The van der Waals surface area contributed by atoms with Crippen LogP contribution < -0.4 is 27.4 Å². The van der Waals surface area contributed by atoms with Gasteiger partial charge in [-0.3, -0.25) is 19.4 Å². The third kappa shape index (κ3) is 8.55. The largest absolute Gasteiger partial charge is 0.370 e. The van der Waals surface area contributed by atoms with Crippen LogP contribution in [0.5, 0.6) is 0 Å². The minimum Gasteiger partial charge on any atom is -0.370 e. The standard InChI is InChI=1S/C21H31ClN6O3/c22-13-18(29)15(8-4-11-26-21(23)24)27-20(31)17(12-14-6-2-1-3-7-14)28-19(30)16-9-5-10-25-16/h1-3,6-7,15-17,25H,4-5,8-13H2,(H,27,31)(H,28,30)(H4,23,24,26)/t15-,16-,17-/m0/s1. The van der Waals surface area contributed by atoms with Crippen molar-refractivity contribution in [3.8, 4) is 0 Å². The maximum Gasteiger partial charge on any atom is 0.243 e. The zero-order valence-electron chi connectivity index (χ0n) is 17.5. The summed E-state index contributed by atoms with van der Waals surface area (Å²) in [6.07, 6.45) is 2.78. The van der Waals surface area contributed by atoms with Crippen molar-refractivity contribution in [1.29, 1.82) is 0 Å². The lowest BCUT2D eigenvalue weighted by Crippen LogP contribution is -2.55. The number of alkyl halides is 1. The van der Waals surface area contributed by atoms with Gasteiger partial charge in [-0.2, -0.15) is 0 Å². The van der Waals surface area contributed by atoms with Crippen molar-refractivity contribution in [3.63, 3.8) is 0 Å². The monoisotopic (exact) mass is 450 g/mol. The van der Waals surface area contributed by atoms with Crippen LogP contribution in [-0.2, 0) is 20.8 Å². The summed E-state index contributed by atoms with van der Waals surface area (Å²) in [5.41, 5.74) is 11.5. The molecule has 1 aliphatic rings. The molecule has 0 unspecified atom stereocenters. The second kappa shape index (κ2) is 12.9. The number of carbonyl (C=O) groups excluding carboxylic acids is 3. The average molecular weight is 451 g/mol. The van der Waals surface area contributed by atoms with Crippen LogP contribution in [0.15, 0.2) is 35.3 Å². The summed E-state index contributed by atoms with van der Waals surface area (Å²) in [5, 5.41) is 8.72. The number of nitrogens with zero attached hydrogens (tertiary/aromatic N) is 1. The lowest BCUT2D eigenvalue weighted by atomic mass is 10.0. The molecule has 1 fully saturated rings. The zero-order valence-corrected chi connectivity index (χ0v) is 18.2. The van der Waals surface area contributed by atoms with Gasteiger partial charge in [0.05, 0.1) is 18.0 Å². The Morgan fingerprint density at radius 3 is 2.52 bits per heavy atom. The minimum atomic E-state index is -0.819. The first-order valence-electron chi connectivity index (χ1n) is 10.4. The van der Waals surface area contributed by atoms with Gasteiger partial charge in [0.1, 0.15) is 6.04 Å². The van der Waals surface area contributed by atoms with Gasteiger partial charge in [0.2, 0.25) is 11.8 Å². The first-order chi connectivity index (χ1) is 14.9. The molecule has 1 heterocycles. The van der Waals surface area contributed by atoms with Crippen LogP contribution in [0.25, 0.3) is 0 Å². The first-order valence-corrected chi connectivity index (χ1v) is 11.0. The molecule has 2 rings (SSSR count). The Bertz CT molecular complexity index is 764. The number of hydrogen-bond donors (Lipinski definition) is 5. The van der Waals surface area contributed by atoms with Crippen LogP contribution in [0.4, 0.5) is 0 Å². The highest BCUT2D eigenvalue weighted by atomic mass is 35.5. The predicted octanol–water partition coefficient (Wildman–Crippen LogP) is -0.188. The maximum atomic E-state index is 13.1. The molecule has 7 N–H and O–H groups in total. The van der Waals surface area contributed by atoms with Gasteiger partial charge in [-0.1, -0.05) is 30.3 Å². The van der Waals surface area contributed by atoms with Crippen LogP contribution in [-0.4, -0.2) is 60.7 Å². The van der Waals surface area contributed by atoms with Crippen molar-refractivity contribution in [3.05, 3.63) is 35.9 Å². The van der Waals surface area contributed by atoms with Crippen molar-refractivity contribution in [2.24, 2.45) is 16.5 Å². The summed E-state index contributed by atoms with van der Waals surface area (Å²) in [7, 11) is 0. The average Bonchev–Trinajstić information content (AvgIpc) is 3.30. The summed E-state index contributed by atoms with van der Waals surface area (Å²) in [4.78, 5) is 41.8. The van der Waals surface area contributed by atoms with E-state index in [9.17, 15) is 14.4 Å². The molecule has 0 bridgehead atoms. The van der Waals surface area contributed by atoms with Crippen LogP contribution in [0.3, 0.4) is 0 Å². The molecule has 31 heavy (non-hydrogen) atoms. The van der Waals surface area contributed by atoms with E-state index < -0.39 is 18.0 Å². The number of carbonyl (C=O) groups is 3. The number of aliphatic imine (C=N–C) groups is 1. The Morgan fingerprint density at radius 2 is 1.90 bits per heavy atom. The van der Waals surface area contributed by atoms with Crippen molar-refractivity contribution < 1.29 is 14.4 Å². The quantitative estimate of drug-likeness (QED) is 0.129. The Hall–Kier alpha value is -2.65. The van der Waals surface area contributed by atoms with Crippen molar-refractivity contribution in [2.45, 2.75) is 50.2 Å². The number of nitrogens with two attached hydrogens (primary N) is 2. The molecule has 0 aliphatic carbocycles. The number of benzene rings is 1. The zero-order chi connectivity index (χ0) is 22.6. The third-order valence-electron chi connectivity index (χ3n) is 5.07. The molecule has 1 saturated heterocycles. The highest BCUT2D eigenvalue weighted by Crippen LogP contribution is 2.09. The number of Topliss-reactive ketones (excluding diaryl/α,β-unsaturated/α-hetero) is 1. The van der Waals surface area contributed by atoms with E-state index in [1.165, 1.54) is 0 Å². The van der Waals surface area contributed by atoms with Crippen molar-refractivity contribution in [2.75, 3.05) is 19.0 Å². The number of ketones is 1. The molecule has 10 heteroatoms. The van der Waals surface area contributed by atoms with Crippen LogP contribution >= 0.6 is 11.6 Å². The summed E-state index contributed by atoms with van der Waals surface area (Å²) in [6.45, 7) is 1.11. The first kappa shape index (κ1) is 24.6. The lowest BCUT2D eigenvalue weighted by molar-refractivity contribution is -0.131. The van der Waals surface area contributed by atoms with Gasteiger partial charge < -0.3 is 27.4 Å². The molecule has 2 amide bonds. The Morgan fingerprint density at radius 1 is 1.16 bits per heavy atom. The van der Waals surface area contributed by atoms with Crippen molar-refractivity contribution >= 4 is 35.2 Å². The van der Waals surface area contributed by atoms with E-state index in [0.717, 1.165) is 24.9 Å². The fourth-order valence-electron chi connectivity index (χ4n) is 3.42. The summed E-state index contributed by atoms with van der Waals surface area (Å²) in [5.74, 6) is -1.21. The van der Waals surface area contributed by atoms with Crippen LogP contribution in [0.1, 0.15) is 31.2 Å². The topological polar surface area (TPSA) is 152 Å². The number of amides is 2. The summed E-state index contributed by atoms with van der Waals surface area (Å²) >= 11 is 5.73. The smallest absolute Gasteiger partial charge is 0.243 e. The fourth-order valence-corrected chi connectivity index (χ4v) is 3.61. The van der Waals surface area contributed by atoms with E-state index in [1.807, 2.05) is 30.3 Å². The molecular formula is C21H31ClN6O3. The van der Waals surface area contributed by atoms with Gasteiger partial charge in [-0.15, -0.1) is 11.6 Å². The minimum absolute atomic E-state index is 0.0320. The van der Waals surface area contributed by atoms with E-state index in [2.05, 4.69) is 20.9 Å². The number of guanidine groups is 1. The van der Waals surface area contributed by atoms with E-state index >= 15 is 0 Å². The molecule has 1 aromatic carbocycles. The van der Waals surface area contributed by atoms with Gasteiger partial charge in [0, 0.05) is 13.0 Å². The molecular weight excluding hydrogens is 420 g/mol. The Labute approximate surface area is 187 Å². The molecule has 9 nitrogen and oxygen atoms in total. The second-order valence-electron chi connectivity index (χ2n) is 7.51. The van der Waals surface area contributed by atoms with Gasteiger partial charge >= 0.3 is 0 Å². The van der Waals surface area contributed by atoms with Crippen molar-refractivity contribution in [1.82, 2.24) is 16.0 Å².